The van der Waals surface area contributed by atoms with Crippen molar-refractivity contribution < 1.29 is 24.7 Å². The maximum Gasteiger partial charge on any atom is 0.320 e. The monoisotopic (exact) mass is 804 g/mol. The van der Waals surface area contributed by atoms with Gasteiger partial charge in [0.2, 0.25) is 0 Å². The topological polar surface area (TPSA) is 217 Å². The lowest BCUT2D eigenvalue weighted by Crippen LogP contribution is -2.32. The Morgan fingerprint density at radius 2 is 1.31 bits per heavy atom. The van der Waals surface area contributed by atoms with Gasteiger partial charge in [-0.2, -0.15) is 0 Å². The molecule has 3 aromatic carbocycles. The van der Waals surface area contributed by atoms with Gasteiger partial charge in [0.25, 0.3) is 5.69 Å². The predicted molar refractivity (Wildman–Crippen MR) is 183 cm³/mol. The number of nitro benzene ring substituents is 1. The molecule has 0 fully saturated rings. The van der Waals surface area contributed by atoms with E-state index in [9.17, 15) is 19.7 Å². The van der Waals surface area contributed by atoms with Gasteiger partial charge in [0.1, 0.15) is 17.6 Å². The number of nitrogens with two attached hydrogens (primary N) is 2. The predicted octanol–water partition coefficient (Wildman–Crippen LogP) is 6.61. The lowest BCUT2D eigenvalue weighted by atomic mass is 10.1. The van der Waals surface area contributed by atoms with E-state index in [-0.39, 0.29) is 12.1 Å². The summed E-state index contributed by atoms with van der Waals surface area (Å²) in [4.78, 5) is 40.9. The number of rotatable bonds is 7. The second-order valence-corrected chi connectivity index (χ2v) is 12.4. The maximum absolute atomic E-state index is 10.9. The van der Waals surface area contributed by atoms with Crippen molar-refractivity contribution in [3.8, 4) is 0 Å². The third-order valence-electron chi connectivity index (χ3n) is 6.83. The lowest BCUT2D eigenvalue weighted by Gasteiger charge is -2.05. The number of fused-ring (bicyclic) bond motifs is 3. The van der Waals surface area contributed by atoms with Gasteiger partial charge in [0, 0.05) is 78.1 Å². The van der Waals surface area contributed by atoms with E-state index in [1.165, 1.54) is 17.0 Å². The van der Waals surface area contributed by atoms with E-state index >= 15 is 0 Å². The highest BCUT2D eigenvalue weighted by Gasteiger charge is 2.21. The van der Waals surface area contributed by atoms with Crippen LogP contribution in [0.5, 0.6) is 0 Å². The molecule has 6 rings (SSSR count). The molecule has 2 unspecified atom stereocenters. The molecule has 0 spiro atoms. The zero-order valence-corrected chi connectivity index (χ0v) is 28.0. The Morgan fingerprint density at radius 3 is 1.91 bits per heavy atom. The molecule has 0 aliphatic rings. The number of non-ortho nitro benzene ring substituents is 1. The van der Waals surface area contributed by atoms with Crippen molar-refractivity contribution in [3.05, 3.63) is 108 Å². The van der Waals surface area contributed by atoms with Crippen LogP contribution in [0.3, 0.4) is 0 Å². The number of hydrogen-bond donors (Lipinski definition) is 7. The van der Waals surface area contributed by atoms with E-state index in [0.717, 1.165) is 25.4 Å². The number of H-pyrrole nitrogens is 3. The van der Waals surface area contributed by atoms with Gasteiger partial charge in [-0.05, 0) is 47.5 Å². The average molecular weight is 807 g/mol. The number of carboxylic acid groups (broad SMARTS) is 2. The first kappa shape index (κ1) is 33.9. The second kappa shape index (κ2) is 14.8. The fourth-order valence-electron chi connectivity index (χ4n) is 4.64. The van der Waals surface area contributed by atoms with Crippen LogP contribution in [0, 0.1) is 10.1 Å². The number of carboxylic acids is 2. The summed E-state index contributed by atoms with van der Waals surface area (Å²) in [5.74, 6) is -2.10. The van der Waals surface area contributed by atoms with Gasteiger partial charge in [-0.25, -0.2) is 0 Å². The van der Waals surface area contributed by atoms with Crippen LogP contribution in [-0.4, -0.2) is 54.1 Å². The Labute approximate surface area is 280 Å². The highest BCUT2D eigenvalue weighted by molar-refractivity contribution is 9.11. The molecule has 0 amide bonds. The molecule has 9 N–H and O–H groups in total. The van der Waals surface area contributed by atoms with Crippen LogP contribution in [0.2, 0.25) is 0 Å². The Bertz CT molecular complexity index is 2000. The highest BCUT2D eigenvalue weighted by Crippen LogP contribution is 2.34. The summed E-state index contributed by atoms with van der Waals surface area (Å²) >= 11 is 10.2. The van der Waals surface area contributed by atoms with Crippen molar-refractivity contribution in [2.45, 2.75) is 24.9 Å². The number of hydrogen-bond acceptors (Lipinski definition) is 6. The maximum atomic E-state index is 10.9. The first-order valence-corrected chi connectivity index (χ1v) is 15.6. The van der Waals surface area contributed by atoms with E-state index < -0.39 is 28.9 Å². The molecule has 45 heavy (non-hydrogen) atoms. The molecule has 0 saturated carbocycles. The third-order valence-corrected chi connectivity index (χ3v) is 8.85. The van der Waals surface area contributed by atoms with Crippen LogP contribution >= 0.6 is 47.8 Å². The zero-order valence-electron chi connectivity index (χ0n) is 23.3. The standard InChI is InChI=1S/C11H10BrN3O4.C11H11BrN2O2.C8H6BrN/c12-6-1-2-8(15(18)19)10-9(6)5(4-14-10)3-7(13)11(16)17;12-7-2-1-3-9-10(7)6(5-14-9)4-8(13)11(15)16;9-7-2-1-3-8-6(7)4-5-10-8/h1-2,4,7,14H,3,13H2,(H,16,17);1-3,5,8,14H,4,13H2,(H,15,16);1-5,10H. The molecular weight excluding hydrogens is 780 g/mol. The summed E-state index contributed by atoms with van der Waals surface area (Å²) in [5, 5.41) is 31.3. The first-order valence-electron chi connectivity index (χ1n) is 13.2. The van der Waals surface area contributed by atoms with E-state index in [0.29, 0.717) is 27.4 Å². The number of halogens is 3. The number of nitrogens with one attached hydrogen (secondary N) is 3. The molecule has 0 saturated heterocycles. The summed E-state index contributed by atoms with van der Waals surface area (Å²) in [7, 11) is 0. The van der Waals surface area contributed by atoms with Crippen LogP contribution in [-0.2, 0) is 22.4 Å². The molecule has 0 aliphatic heterocycles. The van der Waals surface area contributed by atoms with Crippen molar-refractivity contribution in [2.75, 3.05) is 0 Å². The van der Waals surface area contributed by atoms with E-state index in [4.69, 9.17) is 21.7 Å². The number of nitrogens with zero attached hydrogens (tertiary/aromatic N) is 1. The van der Waals surface area contributed by atoms with E-state index in [1.807, 2.05) is 36.5 Å². The highest BCUT2D eigenvalue weighted by atomic mass is 79.9. The van der Waals surface area contributed by atoms with E-state index in [1.54, 1.807) is 18.5 Å². The fraction of sp³-hybridized carbons (Fsp3) is 0.133. The van der Waals surface area contributed by atoms with Crippen molar-refractivity contribution in [2.24, 2.45) is 11.5 Å². The quantitative estimate of drug-likeness (QED) is 0.0687. The number of carbonyl (C=O) groups is 2. The molecule has 12 nitrogen and oxygen atoms in total. The molecule has 0 aliphatic carbocycles. The molecule has 6 aromatic rings. The van der Waals surface area contributed by atoms with Crippen LogP contribution in [0.4, 0.5) is 5.69 Å². The SMILES string of the molecule is Brc1cccc2[nH]ccc12.NC(Cc1c[nH]c2c([N+](=O)[O-])ccc(Br)c12)C(=O)O.NC(Cc1c[nH]c2cccc(Br)c12)C(=O)O. The molecule has 15 heteroatoms. The van der Waals surface area contributed by atoms with Gasteiger partial charge < -0.3 is 36.6 Å². The zero-order chi connectivity index (χ0) is 32.8. The molecule has 3 heterocycles. The number of nitro groups is 1. The fourth-order valence-corrected chi connectivity index (χ4v) is 6.34. The Hall–Kier alpha value is -4.02. The summed E-state index contributed by atoms with van der Waals surface area (Å²) in [6, 6.07) is 15.0. The minimum atomic E-state index is -1.11. The van der Waals surface area contributed by atoms with Gasteiger partial charge in [-0.3, -0.25) is 19.7 Å². The van der Waals surface area contributed by atoms with Gasteiger partial charge >= 0.3 is 11.9 Å². The largest absolute Gasteiger partial charge is 0.480 e. The molecule has 0 radical (unpaired) electrons. The summed E-state index contributed by atoms with van der Waals surface area (Å²) in [6.07, 6.45) is 5.70. The molecular formula is C30H27Br3N6O6. The smallest absolute Gasteiger partial charge is 0.320 e. The van der Waals surface area contributed by atoms with Gasteiger partial charge in [-0.15, -0.1) is 0 Å². The summed E-state index contributed by atoms with van der Waals surface area (Å²) in [5.41, 5.74) is 15.0. The minimum Gasteiger partial charge on any atom is -0.480 e. The molecule has 3 aromatic heterocycles. The number of aromatic amines is 3. The Kier molecular flexibility index (Phi) is 11.2. The number of aromatic nitrogens is 3. The van der Waals surface area contributed by atoms with Crippen LogP contribution < -0.4 is 11.5 Å². The Morgan fingerprint density at radius 1 is 0.756 bits per heavy atom. The lowest BCUT2D eigenvalue weighted by molar-refractivity contribution is -0.383. The third kappa shape index (κ3) is 7.99. The van der Waals surface area contributed by atoms with Crippen LogP contribution in [0.25, 0.3) is 32.7 Å². The van der Waals surface area contributed by atoms with E-state index in [2.05, 4.69) is 74.9 Å². The second-order valence-electron chi connectivity index (χ2n) is 9.84. The average Bonchev–Trinajstić information content (AvgIpc) is 3.74. The summed E-state index contributed by atoms with van der Waals surface area (Å²) < 4.78 is 2.74. The van der Waals surface area contributed by atoms with Crippen molar-refractivity contribution in [1.82, 2.24) is 15.0 Å². The molecule has 234 valence electrons. The molecule has 2 atom stereocenters. The van der Waals surface area contributed by atoms with Gasteiger partial charge in [0.15, 0.2) is 0 Å². The number of benzene rings is 3. The first-order chi connectivity index (χ1) is 21.4. The summed E-state index contributed by atoms with van der Waals surface area (Å²) in [6.45, 7) is 0. The molecule has 0 bridgehead atoms. The van der Waals surface area contributed by atoms with Crippen molar-refractivity contribution >= 4 is 98.1 Å². The van der Waals surface area contributed by atoms with Crippen LogP contribution in [0.15, 0.2) is 86.6 Å². The van der Waals surface area contributed by atoms with Crippen molar-refractivity contribution in [1.29, 1.82) is 0 Å². The Balaban J connectivity index is 0.000000160. The number of aliphatic carboxylic acids is 2. The van der Waals surface area contributed by atoms with Crippen LogP contribution in [0.1, 0.15) is 11.1 Å². The normalized spacial score (nSPS) is 12.2. The van der Waals surface area contributed by atoms with Gasteiger partial charge in [-0.1, -0.05) is 59.9 Å². The van der Waals surface area contributed by atoms with Gasteiger partial charge in [0.05, 0.1) is 4.92 Å². The van der Waals surface area contributed by atoms with Crippen molar-refractivity contribution in [3.63, 3.8) is 0 Å². The minimum absolute atomic E-state index is 0.0617.